The smallest absolute Gasteiger partial charge is 0.254 e. The van der Waals surface area contributed by atoms with Crippen molar-refractivity contribution in [3.8, 4) is 0 Å². The number of hydrogen-bond acceptors (Lipinski definition) is 4. The molecule has 1 saturated heterocycles. The van der Waals surface area contributed by atoms with Gasteiger partial charge in [0.25, 0.3) is 5.91 Å². The van der Waals surface area contributed by atoms with Crippen molar-refractivity contribution in [2.45, 2.75) is 57.6 Å². The van der Waals surface area contributed by atoms with Gasteiger partial charge >= 0.3 is 0 Å². The van der Waals surface area contributed by atoms with Crippen LogP contribution >= 0.6 is 0 Å². The largest absolute Gasteiger partial charge is 0.393 e. The zero-order valence-electron chi connectivity index (χ0n) is 13.9. The van der Waals surface area contributed by atoms with Gasteiger partial charge in [-0.2, -0.15) is 0 Å². The lowest BCUT2D eigenvalue weighted by Gasteiger charge is -2.37. The van der Waals surface area contributed by atoms with E-state index in [-0.39, 0.29) is 24.0 Å². The number of carbonyl (C=O) groups is 1. The molecule has 2 aliphatic rings. The fourth-order valence-electron chi connectivity index (χ4n) is 4.09. The second-order valence-electron chi connectivity index (χ2n) is 6.68. The minimum Gasteiger partial charge on any atom is -0.393 e. The van der Waals surface area contributed by atoms with Crippen molar-refractivity contribution in [3.05, 3.63) is 23.9 Å². The Bertz CT molecular complexity index is 549. The summed E-state index contributed by atoms with van der Waals surface area (Å²) < 4.78 is 0. The first-order valence-corrected chi connectivity index (χ1v) is 8.89. The molecule has 2 N–H and O–H groups in total. The standard InChI is InChI=1S/C18H27N3O2/c1-2-19-17-12-13(9-10-20-17)18(23)21-11-5-7-15(21)14-6-3-4-8-16(14)22/h9-10,12,14-16,22H,2-8,11H2,1H3,(H,19,20)/t14-,15-,16+/m1/s1. The molecule has 1 aromatic heterocycles. The minimum absolute atomic E-state index is 0.0758. The summed E-state index contributed by atoms with van der Waals surface area (Å²) in [5.41, 5.74) is 0.688. The van der Waals surface area contributed by atoms with Crippen LogP contribution in [0, 0.1) is 5.92 Å². The number of aliphatic hydroxyl groups excluding tert-OH is 1. The summed E-state index contributed by atoms with van der Waals surface area (Å²) in [5.74, 6) is 1.06. The predicted octanol–water partition coefficient (Wildman–Crippen LogP) is 2.67. The number of pyridine rings is 1. The number of nitrogens with one attached hydrogen (secondary N) is 1. The molecule has 0 radical (unpaired) electrons. The number of amides is 1. The van der Waals surface area contributed by atoms with Gasteiger partial charge in [0.1, 0.15) is 5.82 Å². The third-order valence-corrected chi connectivity index (χ3v) is 5.20. The Kier molecular flexibility index (Phi) is 5.16. The Balaban J connectivity index is 1.76. The van der Waals surface area contributed by atoms with Crippen LogP contribution in [0.2, 0.25) is 0 Å². The van der Waals surface area contributed by atoms with E-state index in [1.54, 1.807) is 12.3 Å². The van der Waals surface area contributed by atoms with Crippen molar-refractivity contribution >= 4 is 11.7 Å². The lowest BCUT2D eigenvalue weighted by atomic mass is 9.80. The molecule has 126 valence electrons. The number of hydrogen-bond donors (Lipinski definition) is 2. The molecule has 1 aliphatic carbocycles. The van der Waals surface area contributed by atoms with Gasteiger partial charge in [-0.15, -0.1) is 0 Å². The van der Waals surface area contributed by atoms with Crippen LogP contribution in [0.25, 0.3) is 0 Å². The quantitative estimate of drug-likeness (QED) is 0.896. The highest BCUT2D eigenvalue weighted by molar-refractivity contribution is 5.95. The van der Waals surface area contributed by atoms with E-state index in [1.165, 1.54) is 6.42 Å². The van der Waals surface area contributed by atoms with Crippen molar-refractivity contribution in [2.75, 3.05) is 18.4 Å². The normalized spacial score (nSPS) is 27.9. The average Bonchev–Trinajstić information content (AvgIpc) is 3.04. The number of likely N-dealkylation sites (tertiary alicyclic amines) is 1. The fraction of sp³-hybridized carbons (Fsp3) is 0.667. The molecule has 1 aliphatic heterocycles. The number of aromatic nitrogens is 1. The van der Waals surface area contributed by atoms with E-state index in [9.17, 15) is 9.90 Å². The van der Waals surface area contributed by atoms with Crippen molar-refractivity contribution < 1.29 is 9.90 Å². The summed E-state index contributed by atoms with van der Waals surface area (Å²) in [7, 11) is 0. The summed E-state index contributed by atoms with van der Waals surface area (Å²) in [4.78, 5) is 19.2. The van der Waals surface area contributed by atoms with Crippen LogP contribution in [0.5, 0.6) is 0 Å². The molecule has 23 heavy (non-hydrogen) atoms. The van der Waals surface area contributed by atoms with Crippen LogP contribution in [-0.4, -0.2) is 46.1 Å². The van der Waals surface area contributed by atoms with Crippen LogP contribution in [0.1, 0.15) is 55.8 Å². The summed E-state index contributed by atoms with van der Waals surface area (Å²) in [6.07, 6.45) is 7.67. The number of carbonyl (C=O) groups excluding carboxylic acids is 1. The molecular weight excluding hydrogens is 290 g/mol. The third-order valence-electron chi connectivity index (χ3n) is 5.20. The van der Waals surface area contributed by atoms with E-state index in [2.05, 4.69) is 10.3 Å². The first-order chi connectivity index (χ1) is 11.2. The SMILES string of the molecule is CCNc1cc(C(=O)N2CCC[C@@H]2[C@H]2CCCC[C@@H]2O)ccn1. The Hall–Kier alpha value is -1.62. The molecule has 3 atom stereocenters. The van der Waals surface area contributed by atoms with E-state index in [0.717, 1.165) is 51.0 Å². The first-order valence-electron chi connectivity index (χ1n) is 8.89. The van der Waals surface area contributed by atoms with Gasteiger partial charge in [0.05, 0.1) is 6.10 Å². The molecule has 0 spiro atoms. The van der Waals surface area contributed by atoms with Gasteiger partial charge in [-0.05, 0) is 44.7 Å². The molecule has 2 heterocycles. The first kappa shape index (κ1) is 16.2. The van der Waals surface area contributed by atoms with E-state index in [4.69, 9.17) is 0 Å². The number of anilines is 1. The summed E-state index contributed by atoms with van der Waals surface area (Å²) in [6.45, 7) is 3.59. The highest BCUT2D eigenvalue weighted by atomic mass is 16.3. The molecule has 1 aromatic rings. The van der Waals surface area contributed by atoms with Crippen molar-refractivity contribution in [2.24, 2.45) is 5.92 Å². The Morgan fingerprint density at radius 1 is 1.35 bits per heavy atom. The predicted molar refractivity (Wildman–Crippen MR) is 90.4 cm³/mol. The molecule has 1 amide bonds. The Labute approximate surface area is 138 Å². The van der Waals surface area contributed by atoms with E-state index >= 15 is 0 Å². The van der Waals surface area contributed by atoms with Gasteiger partial charge in [-0.1, -0.05) is 12.8 Å². The Morgan fingerprint density at radius 2 is 2.17 bits per heavy atom. The maximum atomic E-state index is 13.0. The molecule has 0 unspecified atom stereocenters. The van der Waals surface area contributed by atoms with Crippen molar-refractivity contribution in [3.63, 3.8) is 0 Å². The Morgan fingerprint density at radius 3 is 2.96 bits per heavy atom. The molecule has 5 heteroatoms. The lowest BCUT2D eigenvalue weighted by molar-refractivity contribution is 0.0211. The maximum absolute atomic E-state index is 13.0. The monoisotopic (exact) mass is 317 g/mol. The van der Waals surface area contributed by atoms with Crippen LogP contribution in [0.3, 0.4) is 0 Å². The minimum atomic E-state index is -0.253. The topological polar surface area (TPSA) is 65.5 Å². The summed E-state index contributed by atoms with van der Waals surface area (Å²) in [6, 6.07) is 3.81. The average molecular weight is 317 g/mol. The van der Waals surface area contributed by atoms with Gasteiger partial charge < -0.3 is 15.3 Å². The van der Waals surface area contributed by atoms with E-state index < -0.39 is 0 Å². The van der Waals surface area contributed by atoms with E-state index in [0.29, 0.717) is 5.56 Å². The summed E-state index contributed by atoms with van der Waals surface area (Å²) in [5, 5.41) is 13.5. The number of aliphatic hydroxyl groups is 1. The highest BCUT2D eigenvalue weighted by Gasteiger charge is 2.39. The van der Waals surface area contributed by atoms with Gasteiger partial charge in [-0.3, -0.25) is 4.79 Å². The van der Waals surface area contributed by atoms with Gasteiger partial charge in [0.15, 0.2) is 0 Å². The molecule has 0 bridgehead atoms. The third kappa shape index (κ3) is 3.50. The zero-order chi connectivity index (χ0) is 16.2. The van der Waals surface area contributed by atoms with Gasteiger partial charge in [0, 0.05) is 36.8 Å². The second-order valence-corrected chi connectivity index (χ2v) is 6.68. The molecule has 1 saturated carbocycles. The van der Waals surface area contributed by atoms with E-state index in [1.807, 2.05) is 17.9 Å². The number of nitrogens with zero attached hydrogens (tertiary/aromatic N) is 2. The molecule has 3 rings (SSSR count). The van der Waals surface area contributed by atoms with Crippen LogP contribution in [0.4, 0.5) is 5.82 Å². The van der Waals surface area contributed by atoms with Gasteiger partial charge in [-0.25, -0.2) is 4.98 Å². The second kappa shape index (κ2) is 7.30. The maximum Gasteiger partial charge on any atom is 0.254 e. The lowest BCUT2D eigenvalue weighted by Crippen LogP contribution is -2.45. The fourth-order valence-corrected chi connectivity index (χ4v) is 4.09. The number of rotatable bonds is 4. The molecule has 0 aromatic carbocycles. The molecular formula is C18H27N3O2. The summed E-state index contributed by atoms with van der Waals surface area (Å²) >= 11 is 0. The van der Waals surface area contributed by atoms with Crippen LogP contribution < -0.4 is 5.32 Å². The van der Waals surface area contributed by atoms with Crippen molar-refractivity contribution in [1.82, 2.24) is 9.88 Å². The van der Waals surface area contributed by atoms with Crippen molar-refractivity contribution in [1.29, 1.82) is 0 Å². The molecule has 2 fully saturated rings. The van der Waals surface area contributed by atoms with Crippen LogP contribution in [0.15, 0.2) is 18.3 Å². The van der Waals surface area contributed by atoms with Crippen LogP contribution in [-0.2, 0) is 0 Å². The van der Waals surface area contributed by atoms with Gasteiger partial charge in [0.2, 0.25) is 0 Å². The zero-order valence-corrected chi connectivity index (χ0v) is 13.9. The highest BCUT2D eigenvalue weighted by Crippen LogP contribution is 2.35. The molecule has 5 nitrogen and oxygen atoms in total.